The average molecular weight is 218 g/mol. The molecule has 1 aromatic rings. The van der Waals surface area contributed by atoms with E-state index in [-0.39, 0.29) is 11.5 Å². The Morgan fingerprint density at radius 3 is 2.31 bits per heavy atom. The second-order valence-corrected chi connectivity index (χ2v) is 5.28. The van der Waals surface area contributed by atoms with E-state index in [0.717, 1.165) is 12.0 Å². The maximum Gasteiger partial charge on any atom is 0.0846 e. The highest BCUT2D eigenvalue weighted by molar-refractivity contribution is 5.25. The van der Waals surface area contributed by atoms with Gasteiger partial charge in [0.25, 0.3) is 0 Å². The van der Waals surface area contributed by atoms with Crippen LogP contribution in [0.1, 0.15) is 56.3 Å². The van der Waals surface area contributed by atoms with Crippen LogP contribution in [0.4, 0.5) is 0 Å². The van der Waals surface area contributed by atoms with Gasteiger partial charge in [0, 0.05) is 5.41 Å². The minimum Gasteiger partial charge on any atom is -0.388 e. The molecule has 0 spiro atoms. The van der Waals surface area contributed by atoms with Gasteiger partial charge in [-0.25, -0.2) is 0 Å². The van der Waals surface area contributed by atoms with Crippen LogP contribution in [-0.4, -0.2) is 5.11 Å². The van der Waals surface area contributed by atoms with E-state index in [0.29, 0.717) is 0 Å². The van der Waals surface area contributed by atoms with Gasteiger partial charge in [0.05, 0.1) is 6.10 Å². The van der Waals surface area contributed by atoms with Gasteiger partial charge < -0.3 is 5.11 Å². The summed E-state index contributed by atoms with van der Waals surface area (Å²) in [6, 6.07) is 8.35. The molecule has 0 aromatic heterocycles. The van der Waals surface area contributed by atoms with Crippen LogP contribution >= 0.6 is 0 Å². The van der Waals surface area contributed by atoms with Gasteiger partial charge in [-0.05, 0) is 31.7 Å². The van der Waals surface area contributed by atoms with Crippen molar-refractivity contribution in [1.82, 2.24) is 0 Å². The number of aryl methyl sites for hydroxylation is 1. The summed E-state index contributed by atoms with van der Waals surface area (Å²) in [7, 11) is 0. The predicted octanol–water partition coefficient (Wildman–Crippen LogP) is 4.00. The molecule has 1 N–H and O–H groups in total. The molecule has 2 rings (SSSR count). The van der Waals surface area contributed by atoms with Crippen LogP contribution in [0.15, 0.2) is 24.3 Å². The van der Waals surface area contributed by atoms with E-state index in [1.807, 2.05) is 0 Å². The monoisotopic (exact) mass is 218 g/mol. The molecule has 1 heteroatoms. The summed E-state index contributed by atoms with van der Waals surface area (Å²) in [6.45, 7) is 4.29. The van der Waals surface area contributed by atoms with Crippen molar-refractivity contribution >= 4 is 0 Å². The van der Waals surface area contributed by atoms with Crippen LogP contribution in [0.25, 0.3) is 0 Å². The van der Waals surface area contributed by atoms with E-state index in [1.54, 1.807) is 0 Å². The molecular formula is C15H22O. The normalized spacial score (nSPS) is 20.2. The van der Waals surface area contributed by atoms with E-state index in [2.05, 4.69) is 38.1 Å². The van der Waals surface area contributed by atoms with Crippen molar-refractivity contribution in [2.75, 3.05) is 0 Å². The molecule has 0 radical (unpaired) electrons. The fourth-order valence-electron chi connectivity index (χ4n) is 2.89. The summed E-state index contributed by atoms with van der Waals surface area (Å²) in [5, 5.41) is 10.5. The van der Waals surface area contributed by atoms with Crippen molar-refractivity contribution in [3.63, 3.8) is 0 Å². The number of aliphatic hydroxyl groups is 1. The van der Waals surface area contributed by atoms with Gasteiger partial charge in [-0.3, -0.25) is 0 Å². The topological polar surface area (TPSA) is 20.2 Å². The smallest absolute Gasteiger partial charge is 0.0846 e. The fraction of sp³-hybridized carbons (Fsp3) is 0.600. The Hall–Kier alpha value is -0.820. The zero-order valence-corrected chi connectivity index (χ0v) is 10.4. The molecule has 88 valence electrons. The Bertz CT molecular complexity index is 335. The van der Waals surface area contributed by atoms with E-state index < -0.39 is 0 Å². The molecule has 0 bridgehead atoms. The second-order valence-electron chi connectivity index (χ2n) is 5.28. The van der Waals surface area contributed by atoms with Crippen molar-refractivity contribution < 1.29 is 5.11 Å². The first kappa shape index (κ1) is 11.7. The standard InChI is InChI=1S/C15H22O/c1-3-9-15(10-4-11-15)14(16)13-7-5-12(2)6-8-13/h5-8,14,16H,3-4,9-11H2,1-2H3. The summed E-state index contributed by atoms with van der Waals surface area (Å²) >= 11 is 0. The highest BCUT2D eigenvalue weighted by Crippen LogP contribution is 2.53. The van der Waals surface area contributed by atoms with E-state index in [9.17, 15) is 5.11 Å². The Morgan fingerprint density at radius 2 is 1.88 bits per heavy atom. The molecule has 0 aliphatic heterocycles. The Kier molecular flexibility index (Phi) is 3.34. The molecule has 0 amide bonds. The molecule has 1 aromatic carbocycles. The third-order valence-corrected chi connectivity index (χ3v) is 4.07. The van der Waals surface area contributed by atoms with Crippen molar-refractivity contribution in [2.24, 2.45) is 5.41 Å². The largest absolute Gasteiger partial charge is 0.388 e. The first-order valence-electron chi connectivity index (χ1n) is 6.42. The third kappa shape index (κ3) is 2.01. The van der Waals surface area contributed by atoms with E-state index in [1.165, 1.54) is 31.2 Å². The van der Waals surface area contributed by atoms with E-state index in [4.69, 9.17) is 0 Å². The maximum atomic E-state index is 10.5. The summed E-state index contributed by atoms with van der Waals surface area (Å²) in [6.07, 6.45) is 5.72. The van der Waals surface area contributed by atoms with Gasteiger partial charge >= 0.3 is 0 Å². The van der Waals surface area contributed by atoms with Crippen LogP contribution in [0.3, 0.4) is 0 Å². The Balaban J connectivity index is 2.16. The van der Waals surface area contributed by atoms with Crippen LogP contribution in [0.2, 0.25) is 0 Å². The Morgan fingerprint density at radius 1 is 1.25 bits per heavy atom. The third-order valence-electron chi connectivity index (χ3n) is 4.07. The summed E-state index contributed by atoms with van der Waals surface area (Å²) in [5.41, 5.74) is 2.54. The number of hydrogen-bond acceptors (Lipinski definition) is 1. The lowest BCUT2D eigenvalue weighted by molar-refractivity contribution is -0.0440. The van der Waals surface area contributed by atoms with Gasteiger partial charge in [-0.15, -0.1) is 0 Å². The summed E-state index contributed by atoms with van der Waals surface area (Å²) < 4.78 is 0. The molecule has 1 atom stereocenters. The van der Waals surface area contributed by atoms with Crippen LogP contribution in [-0.2, 0) is 0 Å². The zero-order valence-electron chi connectivity index (χ0n) is 10.4. The number of aliphatic hydroxyl groups excluding tert-OH is 1. The first-order chi connectivity index (χ1) is 7.68. The molecule has 0 saturated heterocycles. The quantitative estimate of drug-likeness (QED) is 0.810. The molecule has 0 heterocycles. The van der Waals surface area contributed by atoms with Crippen LogP contribution in [0.5, 0.6) is 0 Å². The average Bonchev–Trinajstić information content (AvgIpc) is 2.23. The van der Waals surface area contributed by atoms with Crippen molar-refractivity contribution in [3.8, 4) is 0 Å². The van der Waals surface area contributed by atoms with Crippen molar-refractivity contribution in [3.05, 3.63) is 35.4 Å². The molecule has 1 aliphatic rings. The van der Waals surface area contributed by atoms with E-state index >= 15 is 0 Å². The molecule has 1 saturated carbocycles. The summed E-state index contributed by atoms with van der Waals surface area (Å²) in [5.74, 6) is 0. The first-order valence-corrected chi connectivity index (χ1v) is 6.42. The highest BCUT2D eigenvalue weighted by atomic mass is 16.3. The minimum atomic E-state index is -0.262. The Labute approximate surface area is 98.5 Å². The highest BCUT2D eigenvalue weighted by Gasteiger charge is 2.42. The van der Waals surface area contributed by atoms with Crippen molar-refractivity contribution in [2.45, 2.75) is 52.1 Å². The molecule has 1 unspecified atom stereocenters. The SMILES string of the molecule is CCCC1(C(O)c2ccc(C)cc2)CCC1. The van der Waals surface area contributed by atoms with Crippen LogP contribution < -0.4 is 0 Å². The second kappa shape index (κ2) is 4.58. The van der Waals surface area contributed by atoms with Gasteiger partial charge in [0.15, 0.2) is 0 Å². The molecule has 1 aliphatic carbocycles. The zero-order chi connectivity index (χ0) is 11.6. The molecule has 16 heavy (non-hydrogen) atoms. The molecule has 1 nitrogen and oxygen atoms in total. The van der Waals surface area contributed by atoms with Gasteiger partial charge in [-0.1, -0.05) is 49.6 Å². The maximum absolute atomic E-state index is 10.5. The summed E-state index contributed by atoms with van der Waals surface area (Å²) in [4.78, 5) is 0. The lowest BCUT2D eigenvalue weighted by Crippen LogP contribution is -2.35. The molecular weight excluding hydrogens is 196 g/mol. The lowest BCUT2D eigenvalue weighted by Gasteiger charge is -2.46. The predicted molar refractivity (Wildman–Crippen MR) is 67.3 cm³/mol. The van der Waals surface area contributed by atoms with Gasteiger partial charge in [-0.2, -0.15) is 0 Å². The number of rotatable bonds is 4. The molecule has 1 fully saturated rings. The minimum absolute atomic E-state index is 0.185. The van der Waals surface area contributed by atoms with Gasteiger partial charge in [0.1, 0.15) is 0 Å². The fourth-order valence-corrected chi connectivity index (χ4v) is 2.89. The number of hydrogen-bond donors (Lipinski definition) is 1. The van der Waals surface area contributed by atoms with Crippen LogP contribution in [0, 0.1) is 12.3 Å². The lowest BCUT2D eigenvalue weighted by atomic mass is 9.61. The van der Waals surface area contributed by atoms with Gasteiger partial charge in [0.2, 0.25) is 0 Å². The van der Waals surface area contributed by atoms with Crippen molar-refractivity contribution in [1.29, 1.82) is 0 Å². The number of benzene rings is 1.